The predicted octanol–water partition coefficient (Wildman–Crippen LogP) is 0.936. The van der Waals surface area contributed by atoms with Gasteiger partial charge in [-0.2, -0.15) is 5.10 Å². The molecule has 90 valence electrons. The van der Waals surface area contributed by atoms with Crippen molar-refractivity contribution in [3.8, 4) is 0 Å². The van der Waals surface area contributed by atoms with Crippen LogP contribution in [-0.2, 0) is 0 Å². The monoisotopic (exact) mass is 233 g/mol. The molecule has 1 aliphatic carbocycles. The molecular weight excluding hydrogens is 218 g/mol. The zero-order valence-electron chi connectivity index (χ0n) is 10.1. The van der Waals surface area contributed by atoms with Crippen molar-refractivity contribution in [3.63, 3.8) is 0 Å². The van der Waals surface area contributed by atoms with E-state index in [-0.39, 0.29) is 5.69 Å². The van der Waals surface area contributed by atoms with Crippen LogP contribution in [-0.4, -0.2) is 25.6 Å². The topological polar surface area (TPSA) is 75.1 Å². The van der Waals surface area contributed by atoms with Crippen LogP contribution in [0.1, 0.15) is 26.1 Å². The molecule has 2 N–H and O–H groups in total. The Kier molecular flexibility index (Phi) is 1.87. The van der Waals surface area contributed by atoms with Gasteiger partial charge in [0.1, 0.15) is 11.6 Å². The number of fused-ring (bicyclic) bond motifs is 1. The minimum atomic E-state index is -0.247. The molecule has 1 fully saturated rings. The molecule has 1 atom stereocenters. The smallest absolute Gasteiger partial charge is 0.349 e. The molecule has 1 unspecified atom stereocenters. The molecule has 0 amide bonds. The average Bonchev–Trinajstić information content (AvgIpc) is 2.66. The number of hydrogen-bond donors (Lipinski definition) is 2. The van der Waals surface area contributed by atoms with E-state index in [9.17, 15) is 4.79 Å². The van der Waals surface area contributed by atoms with Crippen molar-refractivity contribution < 1.29 is 0 Å². The van der Waals surface area contributed by atoms with Gasteiger partial charge in [0.2, 0.25) is 0 Å². The molecule has 2 aromatic heterocycles. The molecule has 2 heterocycles. The molecule has 17 heavy (non-hydrogen) atoms. The fourth-order valence-electron chi connectivity index (χ4n) is 2.06. The SMILES string of the molecule is Cc1nc(NC2CC2(C)C)cc2n[nH]c(=O)n12. The first-order valence-electron chi connectivity index (χ1n) is 5.69. The maximum atomic E-state index is 11.4. The van der Waals surface area contributed by atoms with E-state index < -0.39 is 0 Å². The lowest BCUT2D eigenvalue weighted by atomic mass is 10.2. The molecule has 0 aromatic carbocycles. The fourth-order valence-corrected chi connectivity index (χ4v) is 2.06. The van der Waals surface area contributed by atoms with Crippen LogP contribution in [0.25, 0.3) is 5.65 Å². The van der Waals surface area contributed by atoms with Crippen molar-refractivity contribution in [3.05, 3.63) is 22.4 Å². The maximum Gasteiger partial charge on any atom is 0.349 e. The van der Waals surface area contributed by atoms with Gasteiger partial charge >= 0.3 is 5.69 Å². The molecular formula is C11H15N5O. The summed E-state index contributed by atoms with van der Waals surface area (Å²) in [6, 6.07) is 2.25. The number of nitrogens with zero attached hydrogens (tertiary/aromatic N) is 3. The molecule has 3 rings (SSSR count). The van der Waals surface area contributed by atoms with Crippen LogP contribution in [0.4, 0.5) is 5.82 Å². The second-order valence-corrected chi connectivity index (χ2v) is 5.30. The number of rotatable bonds is 2. The summed E-state index contributed by atoms with van der Waals surface area (Å²) in [7, 11) is 0. The van der Waals surface area contributed by atoms with E-state index >= 15 is 0 Å². The lowest BCUT2D eigenvalue weighted by Crippen LogP contribution is -2.15. The first-order chi connectivity index (χ1) is 7.97. The van der Waals surface area contributed by atoms with Gasteiger partial charge in [0.25, 0.3) is 0 Å². The van der Waals surface area contributed by atoms with Gasteiger partial charge in [0.05, 0.1) is 0 Å². The van der Waals surface area contributed by atoms with Crippen LogP contribution in [0.2, 0.25) is 0 Å². The summed E-state index contributed by atoms with van der Waals surface area (Å²) in [6.07, 6.45) is 1.15. The van der Waals surface area contributed by atoms with Crippen molar-refractivity contribution in [2.24, 2.45) is 5.41 Å². The zero-order valence-corrected chi connectivity index (χ0v) is 10.1. The van der Waals surface area contributed by atoms with Gasteiger partial charge in [-0.1, -0.05) is 13.8 Å². The maximum absolute atomic E-state index is 11.4. The van der Waals surface area contributed by atoms with Crippen LogP contribution in [0.5, 0.6) is 0 Å². The minimum absolute atomic E-state index is 0.247. The highest BCUT2D eigenvalue weighted by Crippen LogP contribution is 2.46. The van der Waals surface area contributed by atoms with E-state index in [0.717, 1.165) is 12.2 Å². The van der Waals surface area contributed by atoms with Crippen molar-refractivity contribution in [1.29, 1.82) is 0 Å². The van der Waals surface area contributed by atoms with E-state index in [4.69, 9.17) is 0 Å². The standard InChI is InChI=1S/C11H15N5O/c1-6-12-8(13-7-5-11(7,2)3)4-9-14-15-10(17)16(6)9/h4,7,13H,5H2,1-3H3,(H,15,17). The number of nitrogens with one attached hydrogen (secondary N) is 2. The Balaban J connectivity index is 1.99. The van der Waals surface area contributed by atoms with Crippen LogP contribution in [0.3, 0.4) is 0 Å². The van der Waals surface area contributed by atoms with Gasteiger partial charge in [-0.15, -0.1) is 0 Å². The highest BCUT2D eigenvalue weighted by molar-refractivity contribution is 5.51. The molecule has 0 radical (unpaired) electrons. The van der Waals surface area contributed by atoms with E-state index in [0.29, 0.717) is 22.9 Å². The van der Waals surface area contributed by atoms with Gasteiger partial charge in [0, 0.05) is 12.1 Å². The number of aryl methyl sites for hydroxylation is 1. The molecule has 0 spiro atoms. The Morgan fingerprint density at radius 1 is 1.59 bits per heavy atom. The summed E-state index contributed by atoms with van der Waals surface area (Å²) < 4.78 is 1.46. The van der Waals surface area contributed by atoms with E-state index in [1.807, 2.05) is 0 Å². The first-order valence-corrected chi connectivity index (χ1v) is 5.69. The van der Waals surface area contributed by atoms with Gasteiger partial charge in [-0.3, -0.25) is 0 Å². The molecule has 1 aliphatic rings. The van der Waals surface area contributed by atoms with Crippen LogP contribution < -0.4 is 11.0 Å². The summed E-state index contributed by atoms with van der Waals surface area (Å²) >= 11 is 0. The third-order valence-electron chi connectivity index (χ3n) is 3.41. The zero-order chi connectivity index (χ0) is 12.2. The highest BCUT2D eigenvalue weighted by Gasteiger charge is 2.45. The predicted molar refractivity (Wildman–Crippen MR) is 64.2 cm³/mol. The second-order valence-electron chi connectivity index (χ2n) is 5.30. The van der Waals surface area contributed by atoms with E-state index in [2.05, 4.69) is 34.3 Å². The Hall–Kier alpha value is -1.85. The molecule has 0 bridgehead atoms. The number of aromatic amines is 1. The largest absolute Gasteiger partial charge is 0.367 e. The van der Waals surface area contributed by atoms with Gasteiger partial charge in [0.15, 0.2) is 5.65 Å². The summed E-state index contributed by atoms with van der Waals surface area (Å²) in [4.78, 5) is 15.8. The molecule has 6 heteroatoms. The van der Waals surface area contributed by atoms with E-state index in [1.54, 1.807) is 13.0 Å². The lowest BCUT2D eigenvalue weighted by Gasteiger charge is -2.08. The Morgan fingerprint density at radius 2 is 2.29 bits per heavy atom. The van der Waals surface area contributed by atoms with E-state index in [1.165, 1.54) is 4.40 Å². The van der Waals surface area contributed by atoms with Crippen molar-refractivity contribution in [2.45, 2.75) is 33.2 Å². The molecule has 1 saturated carbocycles. The summed E-state index contributed by atoms with van der Waals surface area (Å²) in [5, 5.41) is 9.74. The van der Waals surface area contributed by atoms with Gasteiger partial charge in [-0.05, 0) is 18.8 Å². The number of anilines is 1. The number of aromatic nitrogens is 4. The van der Waals surface area contributed by atoms with Crippen LogP contribution in [0.15, 0.2) is 10.9 Å². The van der Waals surface area contributed by atoms with Gasteiger partial charge in [-0.25, -0.2) is 19.3 Å². The Morgan fingerprint density at radius 3 is 2.94 bits per heavy atom. The van der Waals surface area contributed by atoms with Crippen LogP contribution in [0, 0.1) is 12.3 Å². The lowest BCUT2D eigenvalue weighted by molar-refractivity contribution is 0.629. The first kappa shape index (κ1) is 10.3. The molecule has 2 aromatic rings. The fraction of sp³-hybridized carbons (Fsp3) is 0.545. The average molecular weight is 233 g/mol. The Bertz CT molecular complexity index is 639. The Labute approximate surface area is 98.1 Å². The third kappa shape index (κ3) is 1.60. The highest BCUT2D eigenvalue weighted by atomic mass is 16.1. The summed E-state index contributed by atoms with van der Waals surface area (Å²) in [5.74, 6) is 1.42. The number of hydrogen-bond acceptors (Lipinski definition) is 4. The number of H-pyrrole nitrogens is 1. The van der Waals surface area contributed by atoms with Crippen molar-refractivity contribution in [2.75, 3.05) is 5.32 Å². The molecule has 0 saturated heterocycles. The normalized spacial score (nSPS) is 21.7. The van der Waals surface area contributed by atoms with Gasteiger partial charge < -0.3 is 5.32 Å². The van der Waals surface area contributed by atoms with Crippen LogP contribution >= 0.6 is 0 Å². The second kappa shape index (κ2) is 3.09. The van der Waals surface area contributed by atoms with Crippen molar-refractivity contribution >= 4 is 11.5 Å². The molecule has 0 aliphatic heterocycles. The summed E-state index contributed by atoms with van der Waals surface area (Å²) in [5.41, 5.74) is 0.694. The van der Waals surface area contributed by atoms with Crippen molar-refractivity contribution in [1.82, 2.24) is 19.6 Å². The molecule has 6 nitrogen and oxygen atoms in total. The third-order valence-corrected chi connectivity index (χ3v) is 3.41. The minimum Gasteiger partial charge on any atom is -0.367 e. The summed E-state index contributed by atoms with van der Waals surface area (Å²) in [6.45, 7) is 6.23. The quantitative estimate of drug-likeness (QED) is 0.809.